The van der Waals surface area contributed by atoms with Crippen molar-refractivity contribution in [1.82, 2.24) is 0 Å². The normalized spacial score (nSPS) is 10.9. The molecule has 0 atom stereocenters. The number of nitrogens with zero attached hydrogens (tertiary/aromatic N) is 1. The summed E-state index contributed by atoms with van der Waals surface area (Å²) < 4.78 is 38.5. The van der Waals surface area contributed by atoms with E-state index in [1.165, 1.54) is 38.5 Å². The van der Waals surface area contributed by atoms with Crippen LogP contribution in [0.4, 0.5) is 11.4 Å². The highest BCUT2D eigenvalue weighted by molar-refractivity contribution is 7.92. The summed E-state index contributed by atoms with van der Waals surface area (Å²) in [5.41, 5.74) is 2.27. The van der Waals surface area contributed by atoms with Crippen LogP contribution in [-0.2, 0) is 19.6 Å². The van der Waals surface area contributed by atoms with E-state index < -0.39 is 28.4 Å². The first-order chi connectivity index (χ1) is 16.2. The van der Waals surface area contributed by atoms with Crippen LogP contribution in [0.2, 0.25) is 0 Å². The minimum Gasteiger partial charge on any atom is -0.495 e. The van der Waals surface area contributed by atoms with Crippen molar-refractivity contribution in [1.29, 1.82) is 0 Å². The third-order valence-electron chi connectivity index (χ3n) is 5.11. The number of carbonyl (C=O) groups excluding carboxylic acids is 2. The number of hydrogen-bond acceptors (Lipinski definition) is 6. The van der Waals surface area contributed by atoms with Crippen LogP contribution in [0.5, 0.6) is 5.75 Å². The molecule has 0 bridgehead atoms. The van der Waals surface area contributed by atoms with Gasteiger partial charge in [-0.1, -0.05) is 35.9 Å². The number of sulfonamides is 1. The second-order valence-electron chi connectivity index (χ2n) is 7.59. The number of amides is 1. The predicted octanol–water partition coefficient (Wildman–Crippen LogP) is 3.93. The van der Waals surface area contributed by atoms with Gasteiger partial charge in [-0.2, -0.15) is 0 Å². The van der Waals surface area contributed by atoms with E-state index in [1.54, 1.807) is 42.5 Å². The smallest absolute Gasteiger partial charge is 0.339 e. The van der Waals surface area contributed by atoms with Gasteiger partial charge in [0.1, 0.15) is 12.3 Å². The molecule has 3 aromatic rings. The van der Waals surface area contributed by atoms with Gasteiger partial charge in [-0.25, -0.2) is 13.2 Å². The third kappa shape index (κ3) is 5.37. The lowest BCUT2D eigenvalue weighted by Gasteiger charge is -2.26. The van der Waals surface area contributed by atoms with E-state index in [1.807, 2.05) is 13.8 Å². The van der Waals surface area contributed by atoms with Crippen LogP contribution >= 0.6 is 0 Å². The van der Waals surface area contributed by atoms with Gasteiger partial charge >= 0.3 is 5.97 Å². The van der Waals surface area contributed by atoms with Crippen LogP contribution in [0.15, 0.2) is 71.6 Å². The maximum absolute atomic E-state index is 13.6. The monoisotopic (exact) mass is 482 g/mol. The summed E-state index contributed by atoms with van der Waals surface area (Å²) in [4.78, 5) is 25.2. The first-order valence-electron chi connectivity index (χ1n) is 10.4. The van der Waals surface area contributed by atoms with E-state index in [2.05, 4.69) is 5.32 Å². The van der Waals surface area contributed by atoms with Crippen molar-refractivity contribution < 1.29 is 27.5 Å². The Morgan fingerprint density at radius 2 is 1.56 bits per heavy atom. The number of ether oxygens (including phenoxy) is 2. The van der Waals surface area contributed by atoms with E-state index >= 15 is 0 Å². The molecule has 8 nitrogen and oxygen atoms in total. The second kappa shape index (κ2) is 10.4. The molecule has 0 saturated heterocycles. The molecule has 0 unspecified atom stereocenters. The molecule has 1 amide bonds. The van der Waals surface area contributed by atoms with E-state index in [-0.39, 0.29) is 21.8 Å². The molecule has 3 rings (SSSR count). The number of esters is 1. The fraction of sp³-hybridized carbons (Fsp3) is 0.200. The molecule has 3 aromatic carbocycles. The van der Waals surface area contributed by atoms with Crippen molar-refractivity contribution in [2.45, 2.75) is 18.7 Å². The Bertz CT molecular complexity index is 1300. The summed E-state index contributed by atoms with van der Waals surface area (Å²) in [6, 6.07) is 17.7. The van der Waals surface area contributed by atoms with Crippen molar-refractivity contribution in [3.63, 3.8) is 0 Å². The molecule has 0 aliphatic carbocycles. The standard InChI is InChI=1S/C25H26N2O6S/c1-17-9-12-19(13-10-17)34(30,31)27(22-15-18(2)11-14-23(22)32-3)16-24(28)26-21-8-6-5-7-20(21)25(29)33-4/h5-15H,16H2,1-4H3,(H,26,28). The van der Waals surface area contributed by atoms with Crippen LogP contribution < -0.4 is 14.4 Å². The van der Waals surface area contributed by atoms with Crippen molar-refractivity contribution in [3.8, 4) is 5.75 Å². The van der Waals surface area contributed by atoms with Crippen LogP contribution in [0.1, 0.15) is 21.5 Å². The molecule has 34 heavy (non-hydrogen) atoms. The Labute approximate surface area is 199 Å². The SMILES string of the molecule is COC(=O)c1ccccc1NC(=O)CN(c1cc(C)ccc1OC)S(=O)(=O)c1ccc(C)cc1. The lowest BCUT2D eigenvalue weighted by atomic mass is 10.2. The molecule has 0 spiro atoms. The predicted molar refractivity (Wildman–Crippen MR) is 130 cm³/mol. The van der Waals surface area contributed by atoms with Gasteiger partial charge in [0.05, 0.1) is 36.1 Å². The van der Waals surface area contributed by atoms with Crippen molar-refractivity contribution in [3.05, 3.63) is 83.4 Å². The lowest BCUT2D eigenvalue weighted by molar-refractivity contribution is -0.114. The molecule has 0 aliphatic heterocycles. The number of anilines is 2. The molecule has 0 radical (unpaired) electrons. The number of nitrogens with one attached hydrogen (secondary N) is 1. The average molecular weight is 483 g/mol. The van der Waals surface area contributed by atoms with Gasteiger partial charge in [0.25, 0.3) is 10.0 Å². The van der Waals surface area contributed by atoms with E-state index in [0.29, 0.717) is 5.75 Å². The highest BCUT2D eigenvalue weighted by Gasteiger charge is 2.30. The first-order valence-corrected chi connectivity index (χ1v) is 11.8. The van der Waals surface area contributed by atoms with Gasteiger partial charge in [-0.3, -0.25) is 9.10 Å². The Hall–Kier alpha value is -3.85. The van der Waals surface area contributed by atoms with Gasteiger partial charge in [0.15, 0.2) is 0 Å². The number of hydrogen-bond donors (Lipinski definition) is 1. The minimum absolute atomic E-state index is 0.0319. The van der Waals surface area contributed by atoms with Gasteiger partial charge in [-0.15, -0.1) is 0 Å². The molecule has 0 aliphatic rings. The van der Waals surface area contributed by atoms with Crippen molar-refractivity contribution in [2.75, 3.05) is 30.4 Å². The highest BCUT2D eigenvalue weighted by Crippen LogP contribution is 2.33. The summed E-state index contributed by atoms with van der Waals surface area (Å²) in [5.74, 6) is -0.972. The molecule has 178 valence electrons. The van der Waals surface area contributed by atoms with E-state index in [9.17, 15) is 18.0 Å². The summed E-state index contributed by atoms with van der Waals surface area (Å²) in [6.07, 6.45) is 0. The molecular weight excluding hydrogens is 456 g/mol. The lowest BCUT2D eigenvalue weighted by Crippen LogP contribution is -2.38. The van der Waals surface area contributed by atoms with Crippen molar-refractivity contribution in [2.24, 2.45) is 0 Å². The fourth-order valence-electron chi connectivity index (χ4n) is 3.33. The molecule has 0 heterocycles. The largest absolute Gasteiger partial charge is 0.495 e. The number of benzene rings is 3. The Balaban J connectivity index is 2.04. The topological polar surface area (TPSA) is 102 Å². The second-order valence-corrected chi connectivity index (χ2v) is 9.45. The number of aryl methyl sites for hydroxylation is 2. The Kier molecular flexibility index (Phi) is 7.57. The minimum atomic E-state index is -4.14. The molecule has 0 saturated carbocycles. The summed E-state index contributed by atoms with van der Waals surface area (Å²) in [6.45, 7) is 3.11. The number of methoxy groups -OCH3 is 2. The van der Waals surface area contributed by atoms with Crippen LogP contribution in [0.3, 0.4) is 0 Å². The quantitative estimate of drug-likeness (QED) is 0.488. The molecule has 1 N–H and O–H groups in total. The van der Waals surface area contributed by atoms with Gasteiger partial charge in [0.2, 0.25) is 5.91 Å². The zero-order valence-electron chi connectivity index (χ0n) is 19.4. The van der Waals surface area contributed by atoms with Crippen molar-refractivity contribution >= 4 is 33.3 Å². The fourth-order valence-corrected chi connectivity index (χ4v) is 4.76. The Morgan fingerprint density at radius 1 is 0.912 bits per heavy atom. The summed E-state index contributed by atoms with van der Waals surface area (Å²) in [7, 11) is -1.47. The maximum Gasteiger partial charge on any atom is 0.339 e. The Morgan fingerprint density at radius 3 is 2.21 bits per heavy atom. The average Bonchev–Trinajstić information content (AvgIpc) is 2.82. The van der Waals surface area contributed by atoms with Gasteiger partial charge in [0, 0.05) is 0 Å². The zero-order chi connectivity index (χ0) is 24.9. The molecule has 9 heteroatoms. The highest BCUT2D eigenvalue weighted by atomic mass is 32.2. The van der Waals surface area contributed by atoms with Crippen LogP contribution in [0.25, 0.3) is 0 Å². The van der Waals surface area contributed by atoms with Crippen LogP contribution in [0, 0.1) is 13.8 Å². The number of carbonyl (C=O) groups is 2. The number of rotatable bonds is 8. The summed E-state index contributed by atoms with van der Waals surface area (Å²) in [5, 5.41) is 2.62. The summed E-state index contributed by atoms with van der Waals surface area (Å²) >= 11 is 0. The molecule has 0 fully saturated rings. The maximum atomic E-state index is 13.6. The van der Waals surface area contributed by atoms with Gasteiger partial charge in [-0.05, 0) is 55.8 Å². The number of para-hydroxylation sites is 1. The van der Waals surface area contributed by atoms with Crippen LogP contribution in [-0.4, -0.2) is 41.1 Å². The first kappa shape index (κ1) is 24.8. The third-order valence-corrected chi connectivity index (χ3v) is 6.88. The zero-order valence-corrected chi connectivity index (χ0v) is 20.2. The van der Waals surface area contributed by atoms with E-state index in [4.69, 9.17) is 9.47 Å². The van der Waals surface area contributed by atoms with Gasteiger partial charge < -0.3 is 14.8 Å². The van der Waals surface area contributed by atoms with E-state index in [0.717, 1.165) is 15.4 Å². The molecular formula is C25H26N2O6S. The molecule has 0 aromatic heterocycles.